The zero-order valence-electron chi connectivity index (χ0n) is 15.6. The molecule has 0 aliphatic heterocycles. The highest BCUT2D eigenvalue weighted by atomic mass is 32.1. The molecule has 0 fully saturated rings. The number of benzene rings is 2. The number of esters is 1. The van der Waals surface area contributed by atoms with Crippen molar-refractivity contribution in [3.63, 3.8) is 0 Å². The summed E-state index contributed by atoms with van der Waals surface area (Å²) in [5.74, 6) is -0.937. The summed E-state index contributed by atoms with van der Waals surface area (Å²) in [4.78, 5) is 38.7. The summed E-state index contributed by atoms with van der Waals surface area (Å²) < 4.78 is 5.11. The van der Waals surface area contributed by atoms with Gasteiger partial charge in [0.1, 0.15) is 0 Å². The monoisotopic (exact) mass is 395 g/mol. The van der Waals surface area contributed by atoms with E-state index < -0.39 is 5.97 Å². The van der Waals surface area contributed by atoms with Crippen molar-refractivity contribution in [2.45, 2.75) is 19.8 Å². The molecule has 1 aromatic heterocycles. The Morgan fingerprint density at radius 3 is 2.50 bits per heavy atom. The van der Waals surface area contributed by atoms with Crippen LogP contribution in [-0.2, 0) is 14.3 Å². The van der Waals surface area contributed by atoms with E-state index in [0.717, 1.165) is 16.5 Å². The summed E-state index contributed by atoms with van der Waals surface area (Å²) in [5.41, 5.74) is 0.787. The van der Waals surface area contributed by atoms with E-state index in [1.807, 2.05) is 54.8 Å². The van der Waals surface area contributed by atoms with Crippen LogP contribution in [0.4, 0.5) is 5.69 Å². The quantitative estimate of drug-likeness (QED) is 0.417. The molecule has 0 aliphatic rings. The number of Topliss-reactive ketones (excluding diaryl/α,β-unsaturated/α-hetero) is 1. The summed E-state index contributed by atoms with van der Waals surface area (Å²) in [6.45, 7) is 1.99. The van der Waals surface area contributed by atoms with Crippen molar-refractivity contribution in [1.29, 1.82) is 0 Å². The van der Waals surface area contributed by atoms with Crippen LogP contribution in [0.25, 0.3) is 10.8 Å². The van der Waals surface area contributed by atoms with Gasteiger partial charge in [-0.3, -0.25) is 14.4 Å². The van der Waals surface area contributed by atoms with E-state index in [9.17, 15) is 14.4 Å². The maximum Gasteiger partial charge on any atom is 0.306 e. The smallest absolute Gasteiger partial charge is 0.306 e. The molecule has 6 heteroatoms. The van der Waals surface area contributed by atoms with Crippen molar-refractivity contribution in [2.75, 3.05) is 18.1 Å². The molecule has 0 radical (unpaired) electrons. The second kappa shape index (κ2) is 9.28. The molecule has 0 N–H and O–H groups in total. The van der Waals surface area contributed by atoms with Gasteiger partial charge >= 0.3 is 5.97 Å². The Morgan fingerprint density at radius 2 is 1.75 bits per heavy atom. The third kappa shape index (κ3) is 4.64. The number of ketones is 1. The van der Waals surface area contributed by atoms with Gasteiger partial charge in [0.2, 0.25) is 0 Å². The predicted octanol–water partition coefficient (Wildman–Crippen LogP) is 4.46. The van der Waals surface area contributed by atoms with Gasteiger partial charge < -0.3 is 9.64 Å². The Kier molecular flexibility index (Phi) is 6.55. The lowest BCUT2D eigenvalue weighted by atomic mass is 10.1. The van der Waals surface area contributed by atoms with Gasteiger partial charge in [-0.15, -0.1) is 11.3 Å². The van der Waals surface area contributed by atoms with Gasteiger partial charge in [0, 0.05) is 18.4 Å². The predicted molar refractivity (Wildman–Crippen MR) is 111 cm³/mol. The van der Waals surface area contributed by atoms with Crippen molar-refractivity contribution in [1.82, 2.24) is 0 Å². The molecule has 28 heavy (non-hydrogen) atoms. The zero-order chi connectivity index (χ0) is 19.9. The number of nitrogens with zero attached hydrogens (tertiary/aromatic N) is 1. The summed E-state index contributed by atoms with van der Waals surface area (Å²) in [6, 6.07) is 17.1. The van der Waals surface area contributed by atoms with Crippen molar-refractivity contribution in [3.8, 4) is 0 Å². The first kappa shape index (κ1) is 19.8. The standard InChI is InChI=1S/C22H21NO4S/c1-2-23(18-10-5-8-16-7-3-4-9-17(16)18)21(25)15-27-22(26)13-12-19(24)20-11-6-14-28-20/h3-11,14H,2,12-13,15H2,1H3. The van der Waals surface area contributed by atoms with Crippen LogP contribution in [-0.4, -0.2) is 30.8 Å². The van der Waals surface area contributed by atoms with Gasteiger partial charge in [-0.1, -0.05) is 42.5 Å². The molecule has 0 unspecified atom stereocenters. The second-order valence-corrected chi connectivity index (χ2v) is 7.15. The Morgan fingerprint density at radius 1 is 0.964 bits per heavy atom. The number of rotatable bonds is 8. The fraction of sp³-hybridized carbons (Fsp3) is 0.227. The average molecular weight is 395 g/mol. The van der Waals surface area contributed by atoms with Crippen LogP contribution >= 0.6 is 11.3 Å². The number of carbonyl (C=O) groups is 3. The molecule has 0 saturated heterocycles. The number of fused-ring (bicyclic) bond motifs is 1. The third-order valence-electron chi connectivity index (χ3n) is 4.38. The minimum atomic E-state index is -0.549. The Bertz CT molecular complexity index is 976. The summed E-state index contributed by atoms with van der Waals surface area (Å²) >= 11 is 1.34. The van der Waals surface area contributed by atoms with Crippen LogP contribution in [0.2, 0.25) is 0 Å². The van der Waals surface area contributed by atoms with Crippen LogP contribution in [0.1, 0.15) is 29.4 Å². The molecule has 144 valence electrons. The van der Waals surface area contributed by atoms with E-state index in [2.05, 4.69) is 0 Å². The fourth-order valence-electron chi connectivity index (χ4n) is 2.99. The minimum Gasteiger partial charge on any atom is -0.456 e. The van der Waals surface area contributed by atoms with Crippen molar-refractivity contribution < 1.29 is 19.1 Å². The van der Waals surface area contributed by atoms with E-state index in [-0.39, 0.29) is 31.1 Å². The molecule has 0 bridgehead atoms. The number of carbonyl (C=O) groups excluding carboxylic acids is 3. The fourth-order valence-corrected chi connectivity index (χ4v) is 3.69. The van der Waals surface area contributed by atoms with Crippen LogP contribution in [0, 0.1) is 0 Å². The first-order valence-electron chi connectivity index (χ1n) is 9.10. The molecule has 0 atom stereocenters. The summed E-state index contributed by atoms with van der Waals surface area (Å²) in [5, 5.41) is 3.82. The van der Waals surface area contributed by atoms with Crippen LogP contribution in [0.15, 0.2) is 60.0 Å². The van der Waals surface area contributed by atoms with E-state index in [1.54, 1.807) is 17.0 Å². The van der Waals surface area contributed by atoms with Crippen molar-refractivity contribution in [3.05, 3.63) is 64.9 Å². The highest BCUT2D eigenvalue weighted by molar-refractivity contribution is 7.12. The van der Waals surface area contributed by atoms with Gasteiger partial charge in [0.25, 0.3) is 5.91 Å². The molecular formula is C22H21NO4S. The molecule has 5 nitrogen and oxygen atoms in total. The number of ether oxygens (including phenoxy) is 1. The van der Waals surface area contributed by atoms with Gasteiger partial charge in [-0.25, -0.2) is 0 Å². The molecule has 1 heterocycles. The maximum absolute atomic E-state index is 12.6. The largest absolute Gasteiger partial charge is 0.456 e. The number of hydrogen-bond acceptors (Lipinski definition) is 5. The van der Waals surface area contributed by atoms with Gasteiger partial charge in [-0.2, -0.15) is 0 Å². The Hall–Kier alpha value is -2.99. The highest BCUT2D eigenvalue weighted by Crippen LogP contribution is 2.26. The minimum absolute atomic E-state index is 0.0373. The van der Waals surface area contributed by atoms with Crippen molar-refractivity contribution >= 4 is 45.5 Å². The van der Waals surface area contributed by atoms with Gasteiger partial charge in [-0.05, 0) is 29.8 Å². The highest BCUT2D eigenvalue weighted by Gasteiger charge is 2.18. The molecule has 0 saturated carbocycles. The van der Waals surface area contributed by atoms with Crippen LogP contribution in [0.5, 0.6) is 0 Å². The molecule has 1 amide bonds. The molecule has 0 spiro atoms. The Labute approximate surface area is 167 Å². The molecule has 3 rings (SSSR count). The topological polar surface area (TPSA) is 63.7 Å². The SMILES string of the molecule is CCN(C(=O)COC(=O)CCC(=O)c1cccs1)c1cccc2ccccc12. The lowest BCUT2D eigenvalue weighted by Gasteiger charge is -2.22. The van der Waals surface area contributed by atoms with Crippen LogP contribution in [0.3, 0.4) is 0 Å². The first-order chi connectivity index (χ1) is 13.6. The molecule has 3 aromatic rings. The number of likely N-dealkylation sites (N-methyl/N-ethyl adjacent to an activating group) is 1. The zero-order valence-corrected chi connectivity index (χ0v) is 16.4. The maximum atomic E-state index is 12.6. The lowest BCUT2D eigenvalue weighted by Crippen LogP contribution is -2.34. The normalized spacial score (nSPS) is 10.6. The lowest BCUT2D eigenvalue weighted by molar-refractivity contribution is -0.147. The number of amides is 1. The van der Waals surface area contributed by atoms with Gasteiger partial charge in [0.15, 0.2) is 12.4 Å². The average Bonchev–Trinajstić information content (AvgIpc) is 3.26. The molecule has 0 aliphatic carbocycles. The van der Waals surface area contributed by atoms with E-state index >= 15 is 0 Å². The third-order valence-corrected chi connectivity index (χ3v) is 5.29. The van der Waals surface area contributed by atoms with E-state index in [4.69, 9.17) is 4.74 Å². The number of hydrogen-bond donors (Lipinski definition) is 0. The van der Waals surface area contributed by atoms with Gasteiger partial charge in [0.05, 0.1) is 17.0 Å². The summed E-state index contributed by atoms with van der Waals surface area (Å²) in [7, 11) is 0. The Balaban J connectivity index is 1.58. The van der Waals surface area contributed by atoms with E-state index in [0.29, 0.717) is 11.4 Å². The number of thiophene rings is 1. The molecule has 2 aromatic carbocycles. The number of anilines is 1. The molecular weight excluding hydrogens is 374 g/mol. The van der Waals surface area contributed by atoms with E-state index in [1.165, 1.54) is 11.3 Å². The second-order valence-electron chi connectivity index (χ2n) is 6.20. The van der Waals surface area contributed by atoms with Crippen molar-refractivity contribution in [2.24, 2.45) is 0 Å². The summed E-state index contributed by atoms with van der Waals surface area (Å²) in [6.07, 6.45) is 0.0404. The first-order valence-corrected chi connectivity index (χ1v) is 9.98. The van der Waals surface area contributed by atoms with Crippen LogP contribution < -0.4 is 4.90 Å².